The minimum absolute atomic E-state index is 0.00499. The second-order valence-electron chi connectivity index (χ2n) is 4.65. The van der Waals surface area contributed by atoms with Crippen molar-refractivity contribution in [1.82, 2.24) is 5.32 Å². The van der Waals surface area contributed by atoms with E-state index in [9.17, 15) is 9.59 Å². The molecule has 1 aliphatic rings. The van der Waals surface area contributed by atoms with Crippen molar-refractivity contribution in [3.05, 3.63) is 29.8 Å². The summed E-state index contributed by atoms with van der Waals surface area (Å²) < 4.78 is 10.4. The van der Waals surface area contributed by atoms with E-state index in [1.807, 2.05) is 6.92 Å². The van der Waals surface area contributed by atoms with Gasteiger partial charge in [0, 0.05) is 12.2 Å². The van der Waals surface area contributed by atoms with Gasteiger partial charge in [0.2, 0.25) is 0 Å². The molecule has 2 atom stereocenters. The lowest BCUT2D eigenvalue weighted by Gasteiger charge is -2.16. The van der Waals surface area contributed by atoms with Gasteiger partial charge in [-0.3, -0.25) is 4.79 Å². The molecular formula is C14H17NO5. The molecule has 1 aliphatic heterocycles. The van der Waals surface area contributed by atoms with E-state index in [1.54, 1.807) is 18.2 Å². The zero-order valence-electron chi connectivity index (χ0n) is 11.2. The second-order valence-corrected chi connectivity index (χ2v) is 4.65. The van der Waals surface area contributed by atoms with Crippen LogP contribution in [0, 0.1) is 0 Å². The number of hydrogen-bond donors (Lipinski definition) is 2. The van der Waals surface area contributed by atoms with Crippen LogP contribution in [0.15, 0.2) is 24.3 Å². The molecule has 6 heteroatoms. The molecule has 0 aliphatic carbocycles. The van der Waals surface area contributed by atoms with E-state index < -0.39 is 12.6 Å². The molecule has 20 heavy (non-hydrogen) atoms. The number of amides is 1. The number of benzene rings is 1. The number of nitrogens with one attached hydrogen (secondary N) is 1. The van der Waals surface area contributed by atoms with Crippen LogP contribution in [0.1, 0.15) is 23.7 Å². The molecule has 1 aromatic carbocycles. The van der Waals surface area contributed by atoms with Gasteiger partial charge in [0.05, 0.1) is 12.1 Å². The summed E-state index contributed by atoms with van der Waals surface area (Å²) in [5, 5.41) is 11.5. The standard InChI is InChI=1S/C14H17NO5/c1-9-12(5-6-19-9)15-14(18)10-3-2-4-11(7-10)20-8-13(16)17/h2-4,7,9,12H,5-6,8H2,1H3,(H,15,18)(H,16,17). The molecule has 2 N–H and O–H groups in total. The van der Waals surface area contributed by atoms with Gasteiger partial charge in [-0.05, 0) is 31.5 Å². The van der Waals surface area contributed by atoms with Crippen LogP contribution in [0.25, 0.3) is 0 Å². The van der Waals surface area contributed by atoms with Gasteiger partial charge < -0.3 is 19.9 Å². The maximum Gasteiger partial charge on any atom is 0.341 e. The first-order chi connectivity index (χ1) is 9.56. The SMILES string of the molecule is CC1OCCC1NC(=O)c1cccc(OCC(=O)O)c1. The van der Waals surface area contributed by atoms with Crippen molar-refractivity contribution < 1.29 is 24.2 Å². The third kappa shape index (κ3) is 3.71. The highest BCUT2D eigenvalue weighted by Gasteiger charge is 2.26. The van der Waals surface area contributed by atoms with Crippen LogP contribution in [0.2, 0.25) is 0 Å². The minimum Gasteiger partial charge on any atom is -0.482 e. The van der Waals surface area contributed by atoms with Crippen LogP contribution in [-0.4, -0.2) is 42.3 Å². The molecule has 1 heterocycles. The molecular weight excluding hydrogens is 262 g/mol. The average molecular weight is 279 g/mol. The summed E-state index contributed by atoms with van der Waals surface area (Å²) in [6.45, 7) is 2.14. The Morgan fingerprint density at radius 3 is 2.95 bits per heavy atom. The Morgan fingerprint density at radius 2 is 2.30 bits per heavy atom. The van der Waals surface area contributed by atoms with Gasteiger partial charge in [-0.1, -0.05) is 6.07 Å². The molecule has 0 radical (unpaired) electrons. The molecule has 0 aromatic heterocycles. The van der Waals surface area contributed by atoms with E-state index in [0.717, 1.165) is 6.42 Å². The lowest BCUT2D eigenvalue weighted by molar-refractivity contribution is -0.139. The molecule has 2 rings (SSSR count). The summed E-state index contributed by atoms with van der Waals surface area (Å²) in [7, 11) is 0. The minimum atomic E-state index is -1.06. The molecule has 108 valence electrons. The zero-order valence-corrected chi connectivity index (χ0v) is 11.2. The Kier molecular flexibility index (Phi) is 4.57. The van der Waals surface area contributed by atoms with Gasteiger partial charge in [-0.15, -0.1) is 0 Å². The Balaban J connectivity index is 1.98. The van der Waals surface area contributed by atoms with Gasteiger partial charge in [0.1, 0.15) is 5.75 Å². The van der Waals surface area contributed by atoms with Crippen LogP contribution in [-0.2, 0) is 9.53 Å². The van der Waals surface area contributed by atoms with E-state index in [-0.39, 0.29) is 18.1 Å². The molecule has 1 fully saturated rings. The van der Waals surface area contributed by atoms with Crippen LogP contribution >= 0.6 is 0 Å². The number of carbonyl (C=O) groups is 2. The van der Waals surface area contributed by atoms with E-state index in [1.165, 1.54) is 6.07 Å². The van der Waals surface area contributed by atoms with Crippen molar-refractivity contribution in [2.45, 2.75) is 25.5 Å². The van der Waals surface area contributed by atoms with E-state index in [4.69, 9.17) is 14.6 Å². The molecule has 1 aromatic rings. The smallest absolute Gasteiger partial charge is 0.341 e. The third-order valence-electron chi connectivity index (χ3n) is 3.15. The topological polar surface area (TPSA) is 84.9 Å². The molecule has 2 unspecified atom stereocenters. The highest BCUT2D eigenvalue weighted by atomic mass is 16.5. The number of hydrogen-bond acceptors (Lipinski definition) is 4. The fraction of sp³-hybridized carbons (Fsp3) is 0.429. The average Bonchev–Trinajstić information content (AvgIpc) is 2.82. The number of carboxylic acids is 1. The van der Waals surface area contributed by atoms with E-state index >= 15 is 0 Å². The lowest BCUT2D eigenvalue weighted by atomic mass is 10.1. The number of ether oxygens (including phenoxy) is 2. The molecule has 6 nitrogen and oxygen atoms in total. The lowest BCUT2D eigenvalue weighted by Crippen LogP contribution is -2.39. The Hall–Kier alpha value is -2.08. The number of rotatable bonds is 5. The number of aliphatic carboxylic acids is 1. The Morgan fingerprint density at radius 1 is 1.50 bits per heavy atom. The molecule has 0 saturated carbocycles. The molecule has 0 spiro atoms. The Bertz CT molecular complexity index is 502. The van der Waals surface area contributed by atoms with Gasteiger partial charge in [-0.25, -0.2) is 4.79 Å². The third-order valence-corrected chi connectivity index (χ3v) is 3.15. The molecule has 1 saturated heterocycles. The monoisotopic (exact) mass is 279 g/mol. The van der Waals surface area contributed by atoms with Crippen molar-refractivity contribution in [1.29, 1.82) is 0 Å². The summed E-state index contributed by atoms with van der Waals surface area (Å²) >= 11 is 0. The maximum atomic E-state index is 12.1. The largest absolute Gasteiger partial charge is 0.482 e. The highest BCUT2D eigenvalue weighted by molar-refractivity contribution is 5.94. The fourth-order valence-corrected chi connectivity index (χ4v) is 2.05. The summed E-state index contributed by atoms with van der Waals surface area (Å²) in [6.07, 6.45) is 0.799. The first-order valence-corrected chi connectivity index (χ1v) is 6.43. The van der Waals surface area contributed by atoms with Crippen molar-refractivity contribution >= 4 is 11.9 Å². The van der Waals surface area contributed by atoms with Gasteiger partial charge in [0.15, 0.2) is 6.61 Å². The van der Waals surface area contributed by atoms with Crippen molar-refractivity contribution in [2.75, 3.05) is 13.2 Å². The second kappa shape index (κ2) is 6.38. The zero-order chi connectivity index (χ0) is 14.5. The normalized spacial score (nSPS) is 21.4. The van der Waals surface area contributed by atoms with Crippen LogP contribution in [0.3, 0.4) is 0 Å². The van der Waals surface area contributed by atoms with Gasteiger partial charge in [-0.2, -0.15) is 0 Å². The highest BCUT2D eigenvalue weighted by Crippen LogP contribution is 2.16. The van der Waals surface area contributed by atoms with Crippen LogP contribution < -0.4 is 10.1 Å². The van der Waals surface area contributed by atoms with Crippen molar-refractivity contribution in [3.8, 4) is 5.75 Å². The summed E-state index contributed by atoms with van der Waals surface area (Å²) in [6, 6.07) is 6.45. The van der Waals surface area contributed by atoms with Crippen LogP contribution in [0.4, 0.5) is 0 Å². The number of carbonyl (C=O) groups excluding carboxylic acids is 1. The number of carboxylic acid groups (broad SMARTS) is 1. The van der Waals surface area contributed by atoms with Crippen LogP contribution in [0.5, 0.6) is 5.75 Å². The quantitative estimate of drug-likeness (QED) is 0.841. The van der Waals surface area contributed by atoms with Crippen molar-refractivity contribution in [2.24, 2.45) is 0 Å². The predicted molar refractivity (Wildman–Crippen MR) is 70.9 cm³/mol. The molecule has 0 bridgehead atoms. The predicted octanol–water partition coefficient (Wildman–Crippen LogP) is 1.06. The molecule has 1 amide bonds. The van der Waals surface area contributed by atoms with Gasteiger partial charge in [0.25, 0.3) is 5.91 Å². The summed E-state index contributed by atoms with van der Waals surface area (Å²) in [5.41, 5.74) is 0.437. The van der Waals surface area contributed by atoms with Crippen molar-refractivity contribution in [3.63, 3.8) is 0 Å². The van der Waals surface area contributed by atoms with Gasteiger partial charge >= 0.3 is 5.97 Å². The maximum absolute atomic E-state index is 12.1. The fourth-order valence-electron chi connectivity index (χ4n) is 2.05. The summed E-state index contributed by atoms with van der Waals surface area (Å²) in [4.78, 5) is 22.5. The first-order valence-electron chi connectivity index (χ1n) is 6.43. The van der Waals surface area contributed by atoms with E-state index in [0.29, 0.717) is 17.9 Å². The van der Waals surface area contributed by atoms with E-state index in [2.05, 4.69) is 5.32 Å². The summed E-state index contributed by atoms with van der Waals surface area (Å²) in [5.74, 6) is -0.916. The Labute approximate surface area is 116 Å². The first kappa shape index (κ1) is 14.3.